The van der Waals surface area contributed by atoms with Crippen LogP contribution in [-0.4, -0.2) is 22.3 Å². The SMILES string of the molecule is Cc1ccc(C2=NCCS2)cn1. The van der Waals surface area contributed by atoms with Gasteiger partial charge in [-0.1, -0.05) is 0 Å². The van der Waals surface area contributed by atoms with Crippen LogP contribution in [-0.2, 0) is 0 Å². The Labute approximate surface area is 76.1 Å². The molecule has 1 aromatic rings. The first-order valence-corrected chi connectivity index (χ1v) is 4.95. The molecule has 12 heavy (non-hydrogen) atoms. The number of hydrogen-bond acceptors (Lipinski definition) is 3. The van der Waals surface area contributed by atoms with Gasteiger partial charge in [0.1, 0.15) is 0 Å². The molecule has 0 aliphatic carbocycles. The van der Waals surface area contributed by atoms with Crippen LogP contribution in [0.1, 0.15) is 11.3 Å². The quantitative estimate of drug-likeness (QED) is 0.656. The van der Waals surface area contributed by atoms with Crippen LogP contribution in [0.5, 0.6) is 0 Å². The third-order valence-corrected chi connectivity index (χ3v) is 2.77. The van der Waals surface area contributed by atoms with Crippen molar-refractivity contribution in [3.63, 3.8) is 0 Å². The summed E-state index contributed by atoms with van der Waals surface area (Å²) in [6.07, 6.45) is 1.90. The number of rotatable bonds is 1. The number of aliphatic imine (C=N–C) groups is 1. The minimum absolute atomic E-state index is 0.952. The van der Waals surface area contributed by atoms with E-state index >= 15 is 0 Å². The number of nitrogens with zero attached hydrogens (tertiary/aromatic N) is 2. The van der Waals surface area contributed by atoms with Crippen molar-refractivity contribution in [2.24, 2.45) is 4.99 Å². The highest BCUT2D eigenvalue weighted by atomic mass is 32.2. The van der Waals surface area contributed by atoms with Crippen LogP contribution in [0.15, 0.2) is 23.3 Å². The van der Waals surface area contributed by atoms with Gasteiger partial charge in [0.05, 0.1) is 5.04 Å². The maximum Gasteiger partial charge on any atom is 0.0993 e. The molecule has 0 aromatic carbocycles. The molecule has 0 fully saturated rings. The fraction of sp³-hybridized carbons (Fsp3) is 0.333. The van der Waals surface area contributed by atoms with Gasteiger partial charge in [0.15, 0.2) is 0 Å². The predicted octanol–water partition coefficient (Wildman–Crippen LogP) is 1.88. The van der Waals surface area contributed by atoms with Gasteiger partial charge in [-0.15, -0.1) is 11.8 Å². The monoisotopic (exact) mass is 178 g/mol. The van der Waals surface area contributed by atoms with E-state index in [4.69, 9.17) is 0 Å². The summed E-state index contributed by atoms with van der Waals surface area (Å²) in [5.74, 6) is 1.11. The van der Waals surface area contributed by atoms with E-state index in [-0.39, 0.29) is 0 Å². The molecule has 62 valence electrons. The molecule has 0 N–H and O–H groups in total. The Morgan fingerprint density at radius 2 is 2.33 bits per heavy atom. The fourth-order valence-corrected chi connectivity index (χ4v) is 1.95. The van der Waals surface area contributed by atoms with E-state index in [0.29, 0.717) is 0 Å². The maximum absolute atomic E-state index is 4.38. The summed E-state index contributed by atoms with van der Waals surface area (Å²) in [6, 6.07) is 4.11. The number of aromatic nitrogens is 1. The normalized spacial score (nSPS) is 16.2. The highest BCUT2D eigenvalue weighted by Gasteiger charge is 2.08. The van der Waals surface area contributed by atoms with Crippen LogP contribution < -0.4 is 0 Å². The lowest BCUT2D eigenvalue weighted by molar-refractivity contribution is 1.17. The minimum Gasteiger partial charge on any atom is -0.277 e. The van der Waals surface area contributed by atoms with Gasteiger partial charge in [-0.25, -0.2) is 0 Å². The Hall–Kier alpha value is -0.830. The summed E-state index contributed by atoms with van der Waals surface area (Å²) in [7, 11) is 0. The molecule has 0 saturated carbocycles. The van der Waals surface area contributed by atoms with Crippen LogP contribution in [0.3, 0.4) is 0 Å². The first-order chi connectivity index (χ1) is 5.86. The molecular weight excluding hydrogens is 168 g/mol. The molecule has 1 aromatic heterocycles. The van der Waals surface area contributed by atoms with Crippen molar-refractivity contribution in [3.8, 4) is 0 Å². The lowest BCUT2D eigenvalue weighted by atomic mass is 10.3. The van der Waals surface area contributed by atoms with Gasteiger partial charge < -0.3 is 0 Å². The topological polar surface area (TPSA) is 25.2 Å². The van der Waals surface area contributed by atoms with Crippen molar-refractivity contribution >= 4 is 16.8 Å². The lowest BCUT2D eigenvalue weighted by Gasteiger charge is -1.98. The average molecular weight is 178 g/mol. The van der Waals surface area contributed by atoms with Gasteiger partial charge in [-0.3, -0.25) is 9.98 Å². The summed E-state index contributed by atoms with van der Waals surface area (Å²) in [5.41, 5.74) is 2.21. The van der Waals surface area contributed by atoms with E-state index in [2.05, 4.69) is 16.0 Å². The van der Waals surface area contributed by atoms with E-state index in [1.165, 1.54) is 0 Å². The Morgan fingerprint density at radius 3 is 2.92 bits per heavy atom. The molecule has 0 saturated heterocycles. The Bertz CT molecular complexity index is 303. The zero-order chi connectivity index (χ0) is 8.39. The zero-order valence-corrected chi connectivity index (χ0v) is 7.77. The van der Waals surface area contributed by atoms with Crippen molar-refractivity contribution in [1.82, 2.24) is 4.98 Å². The Balaban J connectivity index is 2.28. The number of pyridine rings is 1. The standard InChI is InChI=1S/C9H10N2S/c1-7-2-3-8(6-11-7)9-10-4-5-12-9/h2-3,6H,4-5H2,1H3. The van der Waals surface area contributed by atoms with Crippen LogP contribution in [0.2, 0.25) is 0 Å². The van der Waals surface area contributed by atoms with Crippen LogP contribution in [0.25, 0.3) is 0 Å². The Morgan fingerprint density at radius 1 is 1.42 bits per heavy atom. The van der Waals surface area contributed by atoms with E-state index in [9.17, 15) is 0 Å². The molecule has 0 unspecified atom stereocenters. The van der Waals surface area contributed by atoms with Gasteiger partial charge >= 0.3 is 0 Å². The van der Waals surface area contributed by atoms with Crippen LogP contribution in [0.4, 0.5) is 0 Å². The second-order valence-corrected chi connectivity index (χ2v) is 3.81. The predicted molar refractivity (Wildman–Crippen MR) is 52.8 cm³/mol. The molecule has 3 heteroatoms. The minimum atomic E-state index is 0.952. The molecule has 1 aliphatic rings. The molecule has 0 bridgehead atoms. The number of hydrogen-bond donors (Lipinski definition) is 0. The van der Waals surface area contributed by atoms with Gasteiger partial charge in [-0.05, 0) is 19.1 Å². The third kappa shape index (κ3) is 1.50. The number of thioether (sulfide) groups is 1. The summed E-state index contributed by atoms with van der Waals surface area (Å²) in [6.45, 7) is 2.95. The first kappa shape index (κ1) is 7.80. The second kappa shape index (κ2) is 3.27. The third-order valence-electron chi connectivity index (χ3n) is 1.74. The molecular formula is C9H10N2S. The number of aryl methyl sites for hydroxylation is 1. The van der Waals surface area contributed by atoms with Gasteiger partial charge in [-0.2, -0.15) is 0 Å². The largest absolute Gasteiger partial charge is 0.277 e. The van der Waals surface area contributed by atoms with Crippen LogP contribution in [0, 0.1) is 6.92 Å². The van der Waals surface area contributed by atoms with Crippen molar-refractivity contribution in [2.75, 3.05) is 12.3 Å². The molecule has 0 spiro atoms. The molecule has 0 atom stereocenters. The van der Waals surface area contributed by atoms with Crippen molar-refractivity contribution in [1.29, 1.82) is 0 Å². The lowest BCUT2D eigenvalue weighted by Crippen LogP contribution is -1.93. The van der Waals surface area contributed by atoms with Crippen molar-refractivity contribution in [3.05, 3.63) is 29.6 Å². The average Bonchev–Trinajstić information content (AvgIpc) is 2.58. The maximum atomic E-state index is 4.38. The summed E-state index contributed by atoms with van der Waals surface area (Å²) in [4.78, 5) is 8.60. The fourth-order valence-electron chi connectivity index (χ4n) is 1.10. The van der Waals surface area contributed by atoms with Crippen LogP contribution >= 0.6 is 11.8 Å². The summed E-state index contributed by atoms with van der Waals surface area (Å²) < 4.78 is 0. The second-order valence-electron chi connectivity index (χ2n) is 2.72. The van der Waals surface area contributed by atoms with Gasteiger partial charge in [0.2, 0.25) is 0 Å². The molecule has 1 aliphatic heterocycles. The van der Waals surface area contributed by atoms with E-state index < -0.39 is 0 Å². The van der Waals surface area contributed by atoms with E-state index in [0.717, 1.165) is 28.6 Å². The highest BCUT2D eigenvalue weighted by molar-refractivity contribution is 8.14. The molecule has 2 rings (SSSR count). The first-order valence-electron chi connectivity index (χ1n) is 3.96. The highest BCUT2D eigenvalue weighted by Crippen LogP contribution is 2.18. The van der Waals surface area contributed by atoms with Crippen molar-refractivity contribution in [2.45, 2.75) is 6.92 Å². The van der Waals surface area contributed by atoms with Gasteiger partial charge in [0, 0.05) is 29.8 Å². The van der Waals surface area contributed by atoms with Crippen molar-refractivity contribution < 1.29 is 0 Å². The summed E-state index contributed by atoms with van der Waals surface area (Å²) >= 11 is 1.81. The zero-order valence-electron chi connectivity index (χ0n) is 6.95. The smallest absolute Gasteiger partial charge is 0.0993 e. The molecule has 0 amide bonds. The molecule has 0 radical (unpaired) electrons. The summed E-state index contributed by atoms with van der Waals surface area (Å²) in [5, 5.41) is 1.14. The molecule has 2 heterocycles. The van der Waals surface area contributed by atoms with Gasteiger partial charge in [0.25, 0.3) is 0 Å². The molecule has 2 nitrogen and oxygen atoms in total. The Kier molecular flexibility index (Phi) is 2.13. The van der Waals surface area contributed by atoms with E-state index in [1.54, 1.807) is 0 Å². The van der Waals surface area contributed by atoms with E-state index in [1.807, 2.05) is 30.9 Å².